The van der Waals surface area contributed by atoms with Crippen LogP contribution in [0, 0.1) is 0 Å². The molecule has 4 heteroatoms. The summed E-state index contributed by atoms with van der Waals surface area (Å²) < 4.78 is 10.8. The van der Waals surface area contributed by atoms with E-state index in [0.717, 1.165) is 24.1 Å². The summed E-state index contributed by atoms with van der Waals surface area (Å²) in [6, 6.07) is 9.82. The third kappa shape index (κ3) is 1.70. The average Bonchev–Trinajstić information content (AvgIpc) is 2.97. The van der Waals surface area contributed by atoms with E-state index in [0.29, 0.717) is 11.8 Å². The van der Waals surface area contributed by atoms with Gasteiger partial charge in [-0.05, 0) is 12.8 Å². The Morgan fingerprint density at radius 1 is 1.29 bits per heavy atom. The van der Waals surface area contributed by atoms with Crippen molar-refractivity contribution in [2.24, 2.45) is 5.73 Å². The number of aromatic nitrogens is 1. The van der Waals surface area contributed by atoms with E-state index in [1.54, 1.807) is 7.11 Å². The molecule has 3 rings (SSSR count). The second kappa shape index (κ2) is 3.60. The van der Waals surface area contributed by atoms with Crippen molar-refractivity contribution in [2.45, 2.75) is 18.4 Å². The summed E-state index contributed by atoms with van der Waals surface area (Å²) in [5.74, 6) is 1.01. The van der Waals surface area contributed by atoms with Gasteiger partial charge in [-0.25, -0.2) is 4.98 Å². The molecule has 1 heterocycles. The zero-order valence-electron chi connectivity index (χ0n) is 9.64. The van der Waals surface area contributed by atoms with Crippen LogP contribution in [0.25, 0.3) is 11.3 Å². The van der Waals surface area contributed by atoms with Crippen molar-refractivity contribution in [3.8, 4) is 17.2 Å². The average molecular weight is 230 g/mol. The molecule has 1 aliphatic carbocycles. The smallest absolute Gasteiger partial charge is 0.313 e. The van der Waals surface area contributed by atoms with Gasteiger partial charge in [0.05, 0.1) is 12.6 Å². The summed E-state index contributed by atoms with van der Waals surface area (Å²) in [7, 11) is 1.58. The second-order valence-corrected chi connectivity index (χ2v) is 4.38. The van der Waals surface area contributed by atoms with Crippen LogP contribution in [0.4, 0.5) is 0 Å². The highest BCUT2D eigenvalue weighted by atomic mass is 16.6. The van der Waals surface area contributed by atoms with Gasteiger partial charge in [-0.3, -0.25) is 0 Å². The molecule has 0 bridgehead atoms. The SMILES string of the molecule is COc1oc(C2(N)CC2)nc1-c1ccccc1. The van der Waals surface area contributed by atoms with Crippen molar-refractivity contribution < 1.29 is 9.15 Å². The zero-order valence-corrected chi connectivity index (χ0v) is 9.64. The number of rotatable bonds is 3. The van der Waals surface area contributed by atoms with Crippen molar-refractivity contribution in [3.63, 3.8) is 0 Å². The van der Waals surface area contributed by atoms with E-state index in [1.165, 1.54) is 0 Å². The van der Waals surface area contributed by atoms with Crippen LogP contribution < -0.4 is 10.5 Å². The van der Waals surface area contributed by atoms with E-state index in [1.807, 2.05) is 30.3 Å². The Morgan fingerprint density at radius 2 is 2.00 bits per heavy atom. The number of ether oxygens (including phenoxy) is 1. The lowest BCUT2D eigenvalue weighted by Gasteiger charge is -1.99. The molecule has 1 fully saturated rings. The van der Waals surface area contributed by atoms with Gasteiger partial charge in [0.1, 0.15) is 0 Å². The highest BCUT2D eigenvalue weighted by molar-refractivity contribution is 5.63. The number of methoxy groups -OCH3 is 1. The van der Waals surface area contributed by atoms with Crippen LogP contribution in [-0.4, -0.2) is 12.1 Å². The first kappa shape index (κ1) is 10.4. The van der Waals surface area contributed by atoms with E-state index in [2.05, 4.69) is 4.98 Å². The monoisotopic (exact) mass is 230 g/mol. The Labute approximate surface area is 99.4 Å². The third-order valence-electron chi connectivity index (χ3n) is 3.04. The zero-order chi connectivity index (χ0) is 11.9. The third-order valence-corrected chi connectivity index (χ3v) is 3.04. The van der Waals surface area contributed by atoms with Crippen LogP contribution in [0.15, 0.2) is 34.7 Å². The molecule has 17 heavy (non-hydrogen) atoms. The summed E-state index contributed by atoms with van der Waals surface area (Å²) in [5.41, 5.74) is 7.39. The topological polar surface area (TPSA) is 61.3 Å². The Morgan fingerprint density at radius 3 is 2.59 bits per heavy atom. The quantitative estimate of drug-likeness (QED) is 0.878. The highest BCUT2D eigenvalue weighted by Gasteiger charge is 2.45. The Kier molecular flexibility index (Phi) is 2.19. The van der Waals surface area contributed by atoms with Crippen molar-refractivity contribution in [3.05, 3.63) is 36.2 Å². The lowest BCUT2D eigenvalue weighted by Crippen LogP contribution is -2.18. The first-order valence-corrected chi connectivity index (χ1v) is 5.62. The minimum Gasteiger partial charge on any atom is -0.467 e. The molecule has 0 saturated heterocycles. The van der Waals surface area contributed by atoms with Crippen molar-refractivity contribution >= 4 is 0 Å². The molecule has 0 amide bonds. The van der Waals surface area contributed by atoms with Gasteiger partial charge in [-0.15, -0.1) is 0 Å². The predicted molar refractivity (Wildman–Crippen MR) is 63.6 cm³/mol. The number of hydrogen-bond donors (Lipinski definition) is 1. The van der Waals surface area contributed by atoms with Gasteiger partial charge < -0.3 is 14.9 Å². The summed E-state index contributed by atoms with van der Waals surface area (Å²) in [5, 5.41) is 0. The van der Waals surface area contributed by atoms with E-state index in [4.69, 9.17) is 14.9 Å². The van der Waals surface area contributed by atoms with Gasteiger partial charge in [-0.1, -0.05) is 30.3 Å². The molecule has 2 N–H and O–H groups in total. The largest absolute Gasteiger partial charge is 0.467 e. The van der Waals surface area contributed by atoms with Crippen LogP contribution in [-0.2, 0) is 5.54 Å². The highest BCUT2D eigenvalue weighted by Crippen LogP contribution is 2.45. The number of nitrogens with two attached hydrogens (primary N) is 1. The van der Waals surface area contributed by atoms with Crippen LogP contribution in [0.3, 0.4) is 0 Å². The lowest BCUT2D eigenvalue weighted by atomic mass is 10.2. The van der Waals surface area contributed by atoms with Gasteiger partial charge in [0, 0.05) is 5.56 Å². The maximum atomic E-state index is 6.07. The first-order chi connectivity index (χ1) is 8.23. The molecule has 0 radical (unpaired) electrons. The van der Waals surface area contributed by atoms with E-state index in [-0.39, 0.29) is 5.54 Å². The van der Waals surface area contributed by atoms with Crippen molar-refractivity contribution in [2.75, 3.05) is 7.11 Å². The molecule has 2 aromatic rings. The number of hydrogen-bond acceptors (Lipinski definition) is 4. The summed E-state index contributed by atoms with van der Waals surface area (Å²) in [4.78, 5) is 4.47. The van der Waals surface area contributed by atoms with Gasteiger partial charge in [0.15, 0.2) is 5.69 Å². The van der Waals surface area contributed by atoms with E-state index < -0.39 is 0 Å². The van der Waals surface area contributed by atoms with Crippen LogP contribution in [0.1, 0.15) is 18.7 Å². The second-order valence-electron chi connectivity index (χ2n) is 4.38. The number of benzene rings is 1. The Balaban J connectivity index is 2.07. The molecule has 1 aliphatic rings. The Bertz CT molecular complexity index is 530. The molecule has 0 unspecified atom stereocenters. The molecule has 88 valence electrons. The van der Waals surface area contributed by atoms with Crippen LogP contribution >= 0.6 is 0 Å². The molecular weight excluding hydrogens is 216 g/mol. The summed E-state index contributed by atoms with van der Waals surface area (Å²) in [6.45, 7) is 0. The molecule has 1 saturated carbocycles. The molecule has 0 spiro atoms. The first-order valence-electron chi connectivity index (χ1n) is 5.62. The summed E-state index contributed by atoms with van der Waals surface area (Å²) in [6.07, 6.45) is 1.84. The van der Waals surface area contributed by atoms with Crippen molar-refractivity contribution in [1.29, 1.82) is 0 Å². The predicted octanol–water partition coefficient (Wildman–Crippen LogP) is 2.30. The molecule has 1 aromatic carbocycles. The van der Waals surface area contributed by atoms with Gasteiger partial charge in [0.2, 0.25) is 5.89 Å². The van der Waals surface area contributed by atoms with Gasteiger partial charge >= 0.3 is 5.95 Å². The minimum atomic E-state index is -0.375. The number of oxazole rings is 1. The maximum Gasteiger partial charge on any atom is 0.313 e. The normalized spacial score (nSPS) is 16.8. The van der Waals surface area contributed by atoms with Gasteiger partial charge in [0.25, 0.3) is 0 Å². The minimum absolute atomic E-state index is 0.375. The van der Waals surface area contributed by atoms with Crippen molar-refractivity contribution in [1.82, 2.24) is 4.98 Å². The van der Waals surface area contributed by atoms with E-state index in [9.17, 15) is 0 Å². The molecule has 0 atom stereocenters. The van der Waals surface area contributed by atoms with E-state index >= 15 is 0 Å². The lowest BCUT2D eigenvalue weighted by molar-refractivity contribution is 0.284. The fraction of sp³-hybridized carbons (Fsp3) is 0.308. The maximum absolute atomic E-state index is 6.07. The summed E-state index contributed by atoms with van der Waals surface area (Å²) >= 11 is 0. The fourth-order valence-corrected chi connectivity index (χ4v) is 1.78. The molecular formula is C13H14N2O2. The fourth-order valence-electron chi connectivity index (χ4n) is 1.78. The Hall–Kier alpha value is -1.81. The number of nitrogens with zero attached hydrogens (tertiary/aromatic N) is 1. The molecule has 0 aliphatic heterocycles. The van der Waals surface area contributed by atoms with Gasteiger partial charge in [-0.2, -0.15) is 0 Å². The van der Waals surface area contributed by atoms with Crippen LogP contribution in [0.2, 0.25) is 0 Å². The standard InChI is InChI=1S/C13H14N2O2/c1-16-11-10(9-5-3-2-4-6-9)15-12(17-11)13(14)7-8-13/h2-6H,7-8,14H2,1H3. The molecule has 4 nitrogen and oxygen atoms in total. The van der Waals surface area contributed by atoms with Crippen LogP contribution in [0.5, 0.6) is 5.95 Å². The molecule has 1 aromatic heterocycles.